The first-order chi connectivity index (χ1) is 7.22. The normalized spacial score (nSPS) is 11.4. The SMILES string of the molecule is C=CC(=O)OCCN(C)C.CC[PH](O)(O)O. The Morgan fingerprint density at radius 1 is 1.44 bits per heavy atom. The van der Waals surface area contributed by atoms with Crippen LogP contribution >= 0.6 is 7.94 Å². The van der Waals surface area contributed by atoms with Gasteiger partial charge in [0.25, 0.3) is 0 Å². The number of nitrogens with zero attached hydrogens (tertiary/aromatic N) is 1. The van der Waals surface area contributed by atoms with E-state index >= 15 is 0 Å². The Bertz CT molecular complexity index is 203. The van der Waals surface area contributed by atoms with Crippen molar-refractivity contribution < 1.29 is 24.2 Å². The predicted octanol–water partition coefficient (Wildman–Crippen LogP) is -0.245. The zero-order valence-corrected chi connectivity index (χ0v) is 11.0. The molecule has 0 aliphatic carbocycles. The van der Waals surface area contributed by atoms with Gasteiger partial charge in [0.15, 0.2) is 0 Å². The molecular weight excluding hydrogens is 233 g/mol. The second-order valence-corrected chi connectivity index (χ2v) is 5.56. The Labute approximate surface area is 96.7 Å². The molecule has 0 spiro atoms. The van der Waals surface area contributed by atoms with Gasteiger partial charge in [-0.3, -0.25) is 0 Å². The van der Waals surface area contributed by atoms with E-state index in [1.165, 1.54) is 6.92 Å². The zero-order valence-electron chi connectivity index (χ0n) is 10.0. The van der Waals surface area contributed by atoms with E-state index < -0.39 is 7.94 Å². The molecule has 0 aromatic heterocycles. The molecule has 7 heteroatoms. The fourth-order valence-corrected chi connectivity index (χ4v) is 0.388. The number of hydrogen-bond donors (Lipinski definition) is 3. The fraction of sp³-hybridized carbons (Fsp3) is 0.667. The number of carbonyl (C=O) groups is 1. The van der Waals surface area contributed by atoms with Gasteiger partial charge in [0, 0.05) is 12.6 Å². The number of rotatable bonds is 5. The molecule has 6 nitrogen and oxygen atoms in total. The van der Waals surface area contributed by atoms with Gasteiger partial charge in [0.1, 0.15) is 6.61 Å². The third-order valence-electron chi connectivity index (χ3n) is 1.42. The van der Waals surface area contributed by atoms with Crippen molar-refractivity contribution in [1.29, 1.82) is 0 Å². The standard InChI is InChI=1S/C7H13NO2.C2H9O3P/c1-4-7(9)10-6-5-8(2)3;1-2-6(3,4)5/h4H,1,5-6H2,2-3H3;3-6H,2H2,1H3. The van der Waals surface area contributed by atoms with Crippen molar-refractivity contribution in [2.75, 3.05) is 33.4 Å². The molecule has 0 atom stereocenters. The van der Waals surface area contributed by atoms with Crippen LogP contribution in [0.2, 0.25) is 0 Å². The Morgan fingerprint density at radius 3 is 2.12 bits per heavy atom. The van der Waals surface area contributed by atoms with Gasteiger partial charge in [-0.2, -0.15) is 0 Å². The van der Waals surface area contributed by atoms with E-state index in [0.717, 1.165) is 12.6 Å². The molecule has 16 heavy (non-hydrogen) atoms. The summed E-state index contributed by atoms with van der Waals surface area (Å²) >= 11 is 0. The fourth-order valence-electron chi connectivity index (χ4n) is 0.388. The number of likely N-dealkylation sites (N-methyl/N-ethyl adjacent to an activating group) is 1. The van der Waals surface area contributed by atoms with Gasteiger partial charge in [-0.25, -0.2) is 4.79 Å². The summed E-state index contributed by atoms with van der Waals surface area (Å²) in [5.74, 6) is -0.359. The van der Waals surface area contributed by atoms with Crippen LogP contribution in [-0.2, 0) is 9.53 Å². The monoisotopic (exact) mass is 255 g/mol. The van der Waals surface area contributed by atoms with Gasteiger partial charge in [0.05, 0.1) is 0 Å². The summed E-state index contributed by atoms with van der Waals surface area (Å²) in [7, 11) is 0.206. The van der Waals surface area contributed by atoms with E-state index in [0.29, 0.717) is 6.61 Å². The topological polar surface area (TPSA) is 90.2 Å². The maximum atomic E-state index is 10.4. The van der Waals surface area contributed by atoms with Gasteiger partial charge >= 0.3 is 41.7 Å². The molecule has 0 saturated heterocycles. The summed E-state index contributed by atoms with van der Waals surface area (Å²) in [5.41, 5.74) is 0. The number of esters is 1. The number of hydrogen-bond acceptors (Lipinski definition) is 6. The summed E-state index contributed by atoms with van der Waals surface area (Å²) < 4.78 is 4.70. The van der Waals surface area contributed by atoms with Crippen LogP contribution in [0.25, 0.3) is 0 Å². The molecule has 0 aromatic rings. The molecule has 3 N–H and O–H groups in total. The van der Waals surface area contributed by atoms with E-state index in [1.54, 1.807) is 0 Å². The van der Waals surface area contributed by atoms with E-state index in [2.05, 4.69) is 6.58 Å². The van der Waals surface area contributed by atoms with Crippen molar-refractivity contribution in [2.24, 2.45) is 0 Å². The van der Waals surface area contributed by atoms with Crippen LogP contribution < -0.4 is 0 Å². The molecular formula is C9H22NO5P. The first-order valence-electron chi connectivity index (χ1n) is 4.84. The van der Waals surface area contributed by atoms with Gasteiger partial charge in [0.2, 0.25) is 0 Å². The predicted molar refractivity (Wildman–Crippen MR) is 65.2 cm³/mol. The van der Waals surface area contributed by atoms with Crippen LogP contribution in [-0.4, -0.2) is 59.0 Å². The van der Waals surface area contributed by atoms with E-state index in [4.69, 9.17) is 19.4 Å². The quantitative estimate of drug-likeness (QED) is 0.357. The zero-order chi connectivity index (χ0) is 13.2. The Balaban J connectivity index is 0. The molecule has 0 aliphatic rings. The van der Waals surface area contributed by atoms with E-state index in [-0.39, 0.29) is 12.1 Å². The van der Waals surface area contributed by atoms with E-state index in [1.807, 2.05) is 19.0 Å². The molecule has 0 bridgehead atoms. The van der Waals surface area contributed by atoms with Crippen molar-refractivity contribution in [3.8, 4) is 0 Å². The molecule has 0 radical (unpaired) electrons. The number of ether oxygens (including phenoxy) is 1. The van der Waals surface area contributed by atoms with Crippen LogP contribution in [0.1, 0.15) is 6.92 Å². The van der Waals surface area contributed by atoms with Crippen molar-refractivity contribution in [3.05, 3.63) is 12.7 Å². The van der Waals surface area contributed by atoms with Crippen molar-refractivity contribution in [1.82, 2.24) is 4.90 Å². The molecule has 98 valence electrons. The summed E-state index contributed by atoms with van der Waals surface area (Å²) in [5, 5.41) is 0. The second-order valence-electron chi connectivity index (χ2n) is 3.30. The van der Waals surface area contributed by atoms with E-state index in [9.17, 15) is 4.79 Å². The van der Waals surface area contributed by atoms with Crippen LogP contribution in [0.3, 0.4) is 0 Å². The van der Waals surface area contributed by atoms with Crippen LogP contribution in [0.15, 0.2) is 12.7 Å². The number of carbonyl (C=O) groups excluding carboxylic acids is 1. The summed E-state index contributed by atoms with van der Waals surface area (Å²) in [6.45, 7) is 5.97. The molecule has 0 amide bonds. The van der Waals surface area contributed by atoms with Crippen LogP contribution in [0.4, 0.5) is 0 Å². The van der Waals surface area contributed by atoms with Crippen molar-refractivity contribution in [2.45, 2.75) is 6.92 Å². The Kier molecular flexibility index (Phi) is 10.8. The molecule has 0 unspecified atom stereocenters. The molecule has 0 fully saturated rings. The second kappa shape index (κ2) is 9.69. The molecule has 0 saturated carbocycles. The minimum absolute atomic E-state index is 0.0764. The summed E-state index contributed by atoms with van der Waals surface area (Å²) in [4.78, 5) is 36.6. The first-order valence-corrected chi connectivity index (χ1v) is 6.88. The Hall–Kier alpha value is -0.520. The minimum atomic E-state index is -3.63. The van der Waals surface area contributed by atoms with Gasteiger partial charge in [-0.1, -0.05) is 6.58 Å². The molecule has 0 rings (SSSR count). The molecule has 0 heterocycles. The summed E-state index contributed by atoms with van der Waals surface area (Å²) in [6.07, 6.45) is 1.24. The van der Waals surface area contributed by atoms with Gasteiger partial charge in [-0.15, -0.1) is 0 Å². The van der Waals surface area contributed by atoms with Gasteiger partial charge < -0.3 is 9.64 Å². The summed E-state index contributed by atoms with van der Waals surface area (Å²) in [6, 6.07) is 0. The van der Waals surface area contributed by atoms with Crippen molar-refractivity contribution >= 4 is 13.9 Å². The third kappa shape index (κ3) is 19.1. The van der Waals surface area contributed by atoms with Crippen LogP contribution in [0, 0.1) is 0 Å². The average molecular weight is 255 g/mol. The van der Waals surface area contributed by atoms with Gasteiger partial charge in [-0.05, 0) is 14.1 Å². The molecule has 0 aliphatic heterocycles. The third-order valence-corrected chi connectivity index (χ3v) is 2.37. The maximum absolute atomic E-state index is 10.4. The molecule has 0 aromatic carbocycles. The Morgan fingerprint density at radius 2 is 1.88 bits per heavy atom. The average Bonchev–Trinajstić information content (AvgIpc) is 2.17. The van der Waals surface area contributed by atoms with Crippen molar-refractivity contribution in [3.63, 3.8) is 0 Å². The first kappa shape index (κ1) is 17.9. The van der Waals surface area contributed by atoms with Crippen LogP contribution in [0.5, 0.6) is 0 Å².